The third-order valence-corrected chi connectivity index (χ3v) is 6.01. The van der Waals surface area contributed by atoms with E-state index in [4.69, 9.17) is 4.74 Å². The van der Waals surface area contributed by atoms with Crippen molar-refractivity contribution in [2.24, 2.45) is 0 Å². The molecule has 7 heteroatoms. The number of hydrogen-bond donors (Lipinski definition) is 1. The SMILES string of the molecule is CC[NH+](CC)CCCN1C(=O)C(=O)C(=C([O-])c2ccc(OC)cc2)C1c1ccccc1F. The van der Waals surface area contributed by atoms with Crippen molar-refractivity contribution in [2.75, 3.05) is 33.3 Å². The van der Waals surface area contributed by atoms with Crippen LogP contribution < -0.4 is 14.7 Å². The van der Waals surface area contributed by atoms with Gasteiger partial charge in [0.15, 0.2) is 0 Å². The Balaban J connectivity index is 2.03. The Kier molecular flexibility index (Phi) is 7.64. The van der Waals surface area contributed by atoms with Crippen molar-refractivity contribution >= 4 is 17.4 Å². The number of ketones is 1. The van der Waals surface area contributed by atoms with Crippen molar-refractivity contribution in [3.8, 4) is 5.75 Å². The van der Waals surface area contributed by atoms with Gasteiger partial charge >= 0.3 is 0 Å². The zero-order valence-corrected chi connectivity index (χ0v) is 18.7. The molecular formula is C25H29FN2O4. The Labute approximate surface area is 187 Å². The largest absolute Gasteiger partial charge is 0.872 e. The van der Waals surface area contributed by atoms with Crippen LogP contribution in [0.4, 0.5) is 4.39 Å². The Morgan fingerprint density at radius 1 is 1.09 bits per heavy atom. The zero-order valence-electron chi connectivity index (χ0n) is 18.7. The number of nitrogens with one attached hydrogen (secondary N) is 1. The second kappa shape index (κ2) is 10.4. The van der Waals surface area contributed by atoms with Gasteiger partial charge in [0.25, 0.3) is 5.91 Å². The van der Waals surface area contributed by atoms with E-state index in [1.165, 1.54) is 47.2 Å². The van der Waals surface area contributed by atoms with Crippen molar-refractivity contribution in [2.45, 2.75) is 26.3 Å². The number of benzene rings is 2. The first-order valence-corrected chi connectivity index (χ1v) is 10.9. The van der Waals surface area contributed by atoms with E-state index in [1.54, 1.807) is 18.2 Å². The van der Waals surface area contributed by atoms with Crippen LogP contribution in [0.15, 0.2) is 54.1 Å². The molecule has 1 amide bonds. The summed E-state index contributed by atoms with van der Waals surface area (Å²) in [4.78, 5) is 28.6. The van der Waals surface area contributed by atoms with Gasteiger partial charge in [-0.3, -0.25) is 9.59 Å². The Bertz CT molecular complexity index is 999. The lowest BCUT2D eigenvalue weighted by atomic mass is 9.95. The third-order valence-electron chi connectivity index (χ3n) is 6.01. The molecule has 2 aromatic rings. The maximum Gasteiger partial charge on any atom is 0.295 e. The fourth-order valence-corrected chi connectivity index (χ4v) is 4.12. The van der Waals surface area contributed by atoms with Crippen molar-refractivity contribution in [3.05, 3.63) is 71.0 Å². The Hall–Kier alpha value is -3.19. The summed E-state index contributed by atoms with van der Waals surface area (Å²) in [6.45, 7) is 7.17. The minimum Gasteiger partial charge on any atom is -0.872 e. The summed E-state index contributed by atoms with van der Waals surface area (Å²) in [5.74, 6) is -2.19. The molecule has 0 spiro atoms. The number of rotatable bonds is 9. The van der Waals surface area contributed by atoms with E-state index in [9.17, 15) is 19.1 Å². The predicted molar refractivity (Wildman–Crippen MR) is 117 cm³/mol. The van der Waals surface area contributed by atoms with Crippen LogP contribution in [-0.2, 0) is 9.59 Å². The van der Waals surface area contributed by atoms with Crippen molar-refractivity contribution in [1.29, 1.82) is 0 Å². The predicted octanol–water partition coefficient (Wildman–Crippen LogP) is 1.37. The molecule has 0 radical (unpaired) electrons. The molecular weight excluding hydrogens is 411 g/mol. The first-order chi connectivity index (χ1) is 15.4. The second-order valence-electron chi connectivity index (χ2n) is 7.78. The van der Waals surface area contributed by atoms with Crippen LogP contribution >= 0.6 is 0 Å². The Morgan fingerprint density at radius 2 is 1.75 bits per heavy atom. The standard InChI is InChI=1S/C25H29FN2O4/c1-4-27(5-2)15-8-16-28-22(19-9-6-7-10-20(19)26)21(24(30)25(28)31)23(29)17-11-13-18(32-3)14-12-17/h6-7,9-14,22,29H,4-5,8,15-16H2,1-3H3. The molecule has 1 aliphatic rings. The number of amides is 1. The number of quaternary nitrogens is 1. The van der Waals surface area contributed by atoms with Crippen LogP contribution in [0, 0.1) is 5.82 Å². The normalized spacial score (nSPS) is 17.9. The van der Waals surface area contributed by atoms with E-state index >= 15 is 0 Å². The summed E-state index contributed by atoms with van der Waals surface area (Å²) >= 11 is 0. The van der Waals surface area contributed by atoms with E-state index in [-0.39, 0.29) is 23.2 Å². The number of Topliss-reactive ketones (excluding diaryl/α,β-unsaturated/α-hetero) is 1. The van der Waals surface area contributed by atoms with Gasteiger partial charge in [-0.05, 0) is 37.6 Å². The molecule has 1 fully saturated rings. The van der Waals surface area contributed by atoms with Crippen LogP contribution in [0.5, 0.6) is 5.75 Å². The van der Waals surface area contributed by atoms with Gasteiger partial charge in [0.1, 0.15) is 11.6 Å². The van der Waals surface area contributed by atoms with Crippen LogP contribution in [0.1, 0.15) is 37.4 Å². The number of halogens is 1. The molecule has 1 unspecified atom stereocenters. The molecule has 32 heavy (non-hydrogen) atoms. The average molecular weight is 441 g/mol. The number of nitrogens with zero attached hydrogens (tertiary/aromatic N) is 1. The van der Waals surface area contributed by atoms with Gasteiger partial charge in [0.2, 0.25) is 5.78 Å². The number of likely N-dealkylation sites (tertiary alicyclic amines) is 1. The number of methoxy groups -OCH3 is 1. The molecule has 170 valence electrons. The monoisotopic (exact) mass is 440 g/mol. The summed E-state index contributed by atoms with van der Waals surface area (Å²) in [6, 6.07) is 11.2. The molecule has 0 aliphatic carbocycles. The van der Waals surface area contributed by atoms with Crippen molar-refractivity contribution in [1.82, 2.24) is 4.90 Å². The molecule has 1 aliphatic heterocycles. The quantitative estimate of drug-likeness (QED) is 0.363. The van der Waals surface area contributed by atoms with E-state index in [0.717, 1.165) is 19.6 Å². The van der Waals surface area contributed by atoms with Gasteiger partial charge < -0.3 is 19.6 Å². The molecule has 0 saturated carbocycles. The van der Waals surface area contributed by atoms with E-state index in [1.807, 2.05) is 0 Å². The van der Waals surface area contributed by atoms with Gasteiger partial charge in [-0.25, -0.2) is 4.39 Å². The van der Waals surface area contributed by atoms with E-state index in [2.05, 4.69) is 13.8 Å². The third kappa shape index (κ3) is 4.67. The maximum atomic E-state index is 14.8. The molecule has 3 rings (SSSR count). The summed E-state index contributed by atoms with van der Waals surface area (Å²) in [5, 5.41) is 13.3. The Morgan fingerprint density at radius 3 is 2.34 bits per heavy atom. The number of carbonyl (C=O) groups is 2. The molecule has 2 aromatic carbocycles. The van der Waals surface area contributed by atoms with E-state index in [0.29, 0.717) is 12.2 Å². The van der Waals surface area contributed by atoms with Gasteiger partial charge in [-0.1, -0.05) is 36.1 Å². The second-order valence-corrected chi connectivity index (χ2v) is 7.78. The molecule has 1 heterocycles. The highest BCUT2D eigenvalue weighted by Gasteiger charge is 2.44. The topological polar surface area (TPSA) is 74.1 Å². The summed E-state index contributed by atoms with van der Waals surface area (Å²) in [7, 11) is 1.51. The lowest BCUT2D eigenvalue weighted by Crippen LogP contribution is -3.11. The fraction of sp³-hybridized carbons (Fsp3) is 0.360. The first-order valence-electron chi connectivity index (χ1n) is 10.9. The summed E-state index contributed by atoms with van der Waals surface area (Å²) < 4.78 is 19.9. The van der Waals surface area contributed by atoms with Crippen molar-refractivity contribution < 1.29 is 28.7 Å². The minimum absolute atomic E-state index is 0.152. The van der Waals surface area contributed by atoms with Crippen LogP contribution in [0.3, 0.4) is 0 Å². The number of hydrogen-bond acceptors (Lipinski definition) is 4. The summed E-state index contributed by atoms with van der Waals surface area (Å²) in [5.41, 5.74) is 0.192. The maximum absolute atomic E-state index is 14.8. The van der Waals surface area contributed by atoms with Crippen LogP contribution in [0.2, 0.25) is 0 Å². The van der Waals surface area contributed by atoms with Gasteiger partial charge in [-0.2, -0.15) is 0 Å². The molecule has 1 N–H and O–H groups in total. The average Bonchev–Trinajstić information content (AvgIpc) is 3.06. The lowest BCUT2D eigenvalue weighted by molar-refractivity contribution is -0.896. The van der Waals surface area contributed by atoms with Gasteiger partial charge in [0, 0.05) is 24.1 Å². The molecule has 6 nitrogen and oxygen atoms in total. The number of carbonyl (C=O) groups excluding carboxylic acids is 2. The van der Waals surface area contributed by atoms with Gasteiger partial charge in [0.05, 0.1) is 32.8 Å². The van der Waals surface area contributed by atoms with Crippen molar-refractivity contribution in [3.63, 3.8) is 0 Å². The minimum atomic E-state index is -1.04. The lowest BCUT2D eigenvalue weighted by Gasteiger charge is -2.28. The fourth-order valence-electron chi connectivity index (χ4n) is 4.12. The highest BCUT2D eigenvalue weighted by Crippen LogP contribution is 2.39. The van der Waals surface area contributed by atoms with Crippen LogP contribution in [-0.4, -0.2) is 49.9 Å². The molecule has 0 aromatic heterocycles. The smallest absolute Gasteiger partial charge is 0.295 e. The molecule has 1 saturated heterocycles. The van der Waals surface area contributed by atoms with E-state index < -0.39 is 29.3 Å². The highest BCUT2D eigenvalue weighted by molar-refractivity contribution is 6.46. The zero-order chi connectivity index (χ0) is 23.3. The molecule has 1 atom stereocenters. The number of ether oxygens (including phenoxy) is 1. The van der Waals surface area contributed by atoms with Gasteiger partial charge in [-0.15, -0.1) is 0 Å². The molecule has 0 bridgehead atoms. The van der Waals surface area contributed by atoms with Crippen LogP contribution in [0.25, 0.3) is 5.76 Å². The highest BCUT2D eigenvalue weighted by atomic mass is 19.1. The summed E-state index contributed by atoms with van der Waals surface area (Å²) in [6.07, 6.45) is 0.644. The first kappa shape index (κ1) is 23.5.